The van der Waals surface area contributed by atoms with Gasteiger partial charge in [-0.25, -0.2) is 4.98 Å². The van der Waals surface area contributed by atoms with E-state index in [2.05, 4.69) is 31.9 Å². The molecule has 1 N–H and O–H groups in total. The first-order chi connectivity index (χ1) is 7.16. The maximum atomic E-state index is 9.60. The normalized spacial score (nSPS) is 21.8. The second-order valence-electron chi connectivity index (χ2n) is 4.06. The number of pyridine rings is 1. The number of hydrogen-bond donors (Lipinski definition) is 1. The minimum atomic E-state index is -0.214. The zero-order valence-electron chi connectivity index (χ0n) is 8.78. The van der Waals surface area contributed by atoms with Gasteiger partial charge in [0.05, 0.1) is 10.6 Å². The van der Waals surface area contributed by atoms with Crippen molar-refractivity contribution in [2.75, 3.05) is 18.0 Å². The number of hydrogen-bond acceptors (Lipinski definition) is 3. The van der Waals surface area contributed by atoms with Gasteiger partial charge in [0.25, 0.3) is 0 Å². The molecule has 1 aliphatic rings. The highest BCUT2D eigenvalue weighted by Crippen LogP contribution is 2.26. The first-order valence-corrected chi connectivity index (χ1v) is 6.01. The Labute approximate surface area is 98.3 Å². The van der Waals surface area contributed by atoms with Gasteiger partial charge in [0.1, 0.15) is 5.82 Å². The van der Waals surface area contributed by atoms with E-state index in [4.69, 9.17) is 0 Å². The van der Waals surface area contributed by atoms with Crippen molar-refractivity contribution in [2.24, 2.45) is 0 Å². The van der Waals surface area contributed by atoms with Crippen molar-refractivity contribution < 1.29 is 5.11 Å². The number of aryl methyl sites for hydroxylation is 1. The summed E-state index contributed by atoms with van der Waals surface area (Å²) in [6.45, 7) is 3.69. The molecular formula is C11H15BrN2O. The molecule has 82 valence electrons. The second-order valence-corrected chi connectivity index (χ2v) is 4.91. The van der Waals surface area contributed by atoms with Crippen LogP contribution in [0.5, 0.6) is 0 Å². The van der Waals surface area contributed by atoms with Gasteiger partial charge in [0.15, 0.2) is 0 Å². The fourth-order valence-electron chi connectivity index (χ4n) is 1.91. The number of nitrogens with zero attached hydrogens (tertiary/aromatic N) is 2. The molecule has 15 heavy (non-hydrogen) atoms. The van der Waals surface area contributed by atoms with Gasteiger partial charge >= 0.3 is 0 Å². The first-order valence-electron chi connectivity index (χ1n) is 5.22. The number of halogens is 1. The topological polar surface area (TPSA) is 36.4 Å². The lowest BCUT2D eigenvalue weighted by Crippen LogP contribution is -2.38. The van der Waals surface area contributed by atoms with Gasteiger partial charge in [-0.15, -0.1) is 0 Å². The van der Waals surface area contributed by atoms with Gasteiger partial charge in [-0.2, -0.15) is 0 Å². The summed E-state index contributed by atoms with van der Waals surface area (Å²) in [4.78, 5) is 6.54. The number of piperidine rings is 1. The largest absolute Gasteiger partial charge is 0.391 e. The van der Waals surface area contributed by atoms with Gasteiger partial charge in [-0.05, 0) is 47.3 Å². The Bertz CT molecular complexity index is 356. The van der Waals surface area contributed by atoms with Gasteiger partial charge in [0, 0.05) is 19.3 Å². The Morgan fingerprint density at radius 1 is 1.60 bits per heavy atom. The zero-order valence-corrected chi connectivity index (χ0v) is 10.4. The van der Waals surface area contributed by atoms with E-state index in [1.54, 1.807) is 0 Å². The van der Waals surface area contributed by atoms with Gasteiger partial charge in [-0.3, -0.25) is 0 Å². The van der Waals surface area contributed by atoms with E-state index in [0.717, 1.165) is 35.2 Å². The standard InChI is InChI=1S/C11H15BrN2O/c1-8-5-10(12)11(13-6-8)14-4-2-3-9(15)7-14/h5-6,9,15H,2-4,7H2,1H3. The van der Waals surface area contributed by atoms with E-state index >= 15 is 0 Å². The molecule has 0 bridgehead atoms. The van der Waals surface area contributed by atoms with Crippen LogP contribution in [0.15, 0.2) is 16.7 Å². The van der Waals surface area contributed by atoms with E-state index in [9.17, 15) is 5.11 Å². The molecular weight excluding hydrogens is 256 g/mol. The molecule has 1 saturated heterocycles. The van der Waals surface area contributed by atoms with E-state index < -0.39 is 0 Å². The molecule has 1 aromatic rings. The lowest BCUT2D eigenvalue weighted by Gasteiger charge is -2.31. The summed E-state index contributed by atoms with van der Waals surface area (Å²) in [5, 5.41) is 9.60. The highest BCUT2D eigenvalue weighted by atomic mass is 79.9. The SMILES string of the molecule is Cc1cnc(N2CCCC(O)C2)c(Br)c1. The molecule has 0 aromatic carbocycles. The van der Waals surface area contributed by atoms with Crippen LogP contribution in [0.3, 0.4) is 0 Å². The molecule has 0 aliphatic carbocycles. The van der Waals surface area contributed by atoms with Crippen LogP contribution < -0.4 is 4.90 Å². The molecule has 1 aliphatic heterocycles. The highest BCUT2D eigenvalue weighted by molar-refractivity contribution is 9.10. The summed E-state index contributed by atoms with van der Waals surface area (Å²) in [6.07, 6.45) is 3.58. The number of β-amino-alcohol motifs (C(OH)–C–C–N with tert-alkyl or cyclic N) is 1. The van der Waals surface area contributed by atoms with Crippen LogP contribution in [0.1, 0.15) is 18.4 Å². The monoisotopic (exact) mass is 270 g/mol. The summed E-state index contributed by atoms with van der Waals surface area (Å²) < 4.78 is 1.01. The Hall–Kier alpha value is -0.610. The van der Waals surface area contributed by atoms with Crippen molar-refractivity contribution in [2.45, 2.75) is 25.9 Å². The minimum absolute atomic E-state index is 0.214. The third-order valence-corrected chi connectivity index (χ3v) is 3.24. The first kappa shape index (κ1) is 10.9. The van der Waals surface area contributed by atoms with Crippen LogP contribution in [-0.2, 0) is 0 Å². The maximum Gasteiger partial charge on any atom is 0.142 e. The number of rotatable bonds is 1. The van der Waals surface area contributed by atoms with Gasteiger partial charge < -0.3 is 10.0 Å². The quantitative estimate of drug-likeness (QED) is 0.850. The minimum Gasteiger partial charge on any atom is -0.391 e. The van der Waals surface area contributed by atoms with Crippen molar-refractivity contribution in [3.63, 3.8) is 0 Å². The number of anilines is 1. The molecule has 1 atom stereocenters. The zero-order chi connectivity index (χ0) is 10.8. The Kier molecular flexibility index (Phi) is 3.26. The predicted octanol–water partition coefficient (Wildman–Crippen LogP) is 2.11. The van der Waals surface area contributed by atoms with E-state index in [0.29, 0.717) is 6.54 Å². The average molecular weight is 271 g/mol. The molecule has 3 nitrogen and oxygen atoms in total. The summed E-state index contributed by atoms with van der Waals surface area (Å²) in [5.41, 5.74) is 1.14. The van der Waals surface area contributed by atoms with Crippen molar-refractivity contribution in [3.05, 3.63) is 22.3 Å². The van der Waals surface area contributed by atoms with E-state index in [-0.39, 0.29) is 6.10 Å². The van der Waals surface area contributed by atoms with Crippen LogP contribution in [0, 0.1) is 6.92 Å². The molecule has 0 spiro atoms. The fourth-order valence-corrected chi connectivity index (χ4v) is 2.62. The maximum absolute atomic E-state index is 9.60. The van der Waals surface area contributed by atoms with Gasteiger partial charge in [-0.1, -0.05) is 0 Å². The third kappa shape index (κ3) is 2.49. The second kappa shape index (κ2) is 4.49. The number of aliphatic hydroxyl groups excluding tert-OH is 1. The number of aromatic nitrogens is 1. The molecule has 2 heterocycles. The van der Waals surface area contributed by atoms with Crippen molar-refractivity contribution in [1.29, 1.82) is 0 Å². The molecule has 0 radical (unpaired) electrons. The predicted molar refractivity (Wildman–Crippen MR) is 64.1 cm³/mol. The average Bonchev–Trinajstić information content (AvgIpc) is 2.17. The van der Waals surface area contributed by atoms with E-state index in [1.807, 2.05) is 13.1 Å². The van der Waals surface area contributed by atoms with Crippen LogP contribution in [0.25, 0.3) is 0 Å². The van der Waals surface area contributed by atoms with Crippen LogP contribution in [0.2, 0.25) is 0 Å². The molecule has 4 heteroatoms. The summed E-state index contributed by atoms with van der Waals surface area (Å²) in [5.74, 6) is 0.944. The Balaban J connectivity index is 2.21. The number of aliphatic hydroxyl groups is 1. The molecule has 0 saturated carbocycles. The molecule has 1 unspecified atom stereocenters. The molecule has 1 aromatic heterocycles. The Morgan fingerprint density at radius 3 is 3.07 bits per heavy atom. The van der Waals surface area contributed by atoms with E-state index in [1.165, 1.54) is 0 Å². The lowest BCUT2D eigenvalue weighted by molar-refractivity contribution is 0.154. The fraction of sp³-hybridized carbons (Fsp3) is 0.545. The highest BCUT2D eigenvalue weighted by Gasteiger charge is 2.20. The molecule has 1 fully saturated rings. The Morgan fingerprint density at radius 2 is 2.40 bits per heavy atom. The van der Waals surface area contributed by atoms with Crippen LogP contribution in [-0.4, -0.2) is 29.3 Å². The lowest BCUT2D eigenvalue weighted by atomic mass is 10.1. The summed E-state index contributed by atoms with van der Waals surface area (Å²) >= 11 is 3.52. The molecule has 2 rings (SSSR count). The smallest absolute Gasteiger partial charge is 0.142 e. The van der Waals surface area contributed by atoms with Crippen molar-refractivity contribution in [1.82, 2.24) is 4.98 Å². The summed E-state index contributed by atoms with van der Waals surface area (Å²) in [6, 6.07) is 2.06. The summed E-state index contributed by atoms with van der Waals surface area (Å²) in [7, 11) is 0. The molecule has 0 amide bonds. The van der Waals surface area contributed by atoms with Gasteiger partial charge in [0.2, 0.25) is 0 Å². The van der Waals surface area contributed by atoms with Crippen molar-refractivity contribution in [3.8, 4) is 0 Å². The van der Waals surface area contributed by atoms with Crippen LogP contribution >= 0.6 is 15.9 Å². The van der Waals surface area contributed by atoms with Crippen LogP contribution in [0.4, 0.5) is 5.82 Å². The van der Waals surface area contributed by atoms with Crippen molar-refractivity contribution >= 4 is 21.7 Å². The third-order valence-electron chi connectivity index (χ3n) is 2.65.